The third-order valence-corrected chi connectivity index (χ3v) is 2.54. The highest BCUT2D eigenvalue weighted by molar-refractivity contribution is 5.83. The van der Waals surface area contributed by atoms with E-state index in [2.05, 4.69) is 10.1 Å². The highest BCUT2D eigenvalue weighted by atomic mass is 19.3. The number of hydrogen-bond acceptors (Lipinski definition) is 3. The fourth-order valence-corrected chi connectivity index (χ4v) is 1.47. The zero-order valence-corrected chi connectivity index (χ0v) is 10.8. The molecule has 0 aliphatic heterocycles. The molecule has 0 fully saturated rings. The lowest BCUT2D eigenvalue weighted by atomic mass is 10.1. The third-order valence-electron chi connectivity index (χ3n) is 2.54. The van der Waals surface area contributed by atoms with Crippen molar-refractivity contribution in [2.45, 2.75) is 32.4 Å². The smallest absolute Gasteiger partial charge is 0.387 e. The van der Waals surface area contributed by atoms with Crippen LogP contribution in [0.3, 0.4) is 0 Å². The van der Waals surface area contributed by atoms with Gasteiger partial charge in [-0.05, 0) is 31.0 Å². The Morgan fingerprint density at radius 2 is 1.90 bits per heavy atom. The van der Waals surface area contributed by atoms with E-state index in [1.165, 1.54) is 19.1 Å². The second-order valence-electron chi connectivity index (χ2n) is 4.15. The van der Waals surface area contributed by atoms with Gasteiger partial charge < -0.3 is 15.2 Å². The zero-order chi connectivity index (χ0) is 15.1. The molecule has 7 heteroatoms. The minimum absolute atomic E-state index is 0.0488. The van der Waals surface area contributed by atoms with Gasteiger partial charge >= 0.3 is 12.6 Å². The number of aryl methyl sites for hydroxylation is 1. The SMILES string of the molecule is C[C@@H](NC(=O)CCc1ccc(OC(F)F)cc1)C(=O)O. The number of halogens is 2. The number of carboxylic acids is 1. The maximum Gasteiger partial charge on any atom is 0.387 e. The van der Waals surface area contributed by atoms with Gasteiger partial charge in [-0.15, -0.1) is 0 Å². The summed E-state index contributed by atoms with van der Waals surface area (Å²) in [5, 5.41) is 11.0. The molecule has 0 saturated heterocycles. The summed E-state index contributed by atoms with van der Waals surface area (Å²) in [4.78, 5) is 22.0. The molecule has 110 valence electrons. The highest BCUT2D eigenvalue weighted by Crippen LogP contribution is 2.15. The van der Waals surface area contributed by atoms with Crippen LogP contribution in [0.5, 0.6) is 5.75 Å². The monoisotopic (exact) mass is 287 g/mol. The molecular formula is C13H15F2NO4. The van der Waals surface area contributed by atoms with Crippen molar-refractivity contribution in [1.29, 1.82) is 0 Å². The number of amides is 1. The summed E-state index contributed by atoms with van der Waals surface area (Å²) in [7, 11) is 0. The Balaban J connectivity index is 2.42. The molecule has 0 saturated carbocycles. The summed E-state index contributed by atoms with van der Waals surface area (Å²) in [6.07, 6.45) is 0.500. The van der Waals surface area contributed by atoms with E-state index in [0.29, 0.717) is 6.42 Å². The van der Waals surface area contributed by atoms with E-state index in [0.717, 1.165) is 5.56 Å². The van der Waals surface area contributed by atoms with Crippen LogP contribution in [0.1, 0.15) is 18.9 Å². The van der Waals surface area contributed by atoms with Crippen molar-refractivity contribution in [3.63, 3.8) is 0 Å². The summed E-state index contributed by atoms with van der Waals surface area (Å²) in [6.45, 7) is -1.50. The van der Waals surface area contributed by atoms with E-state index in [-0.39, 0.29) is 18.1 Å². The molecule has 0 unspecified atom stereocenters. The summed E-state index contributed by atoms with van der Waals surface area (Å²) in [6, 6.07) is 4.99. The minimum atomic E-state index is -2.87. The fraction of sp³-hybridized carbons (Fsp3) is 0.385. The number of hydrogen-bond donors (Lipinski definition) is 2. The van der Waals surface area contributed by atoms with Crippen LogP contribution in [-0.4, -0.2) is 29.6 Å². The summed E-state index contributed by atoms with van der Waals surface area (Å²) in [5.74, 6) is -1.44. The molecule has 0 aromatic heterocycles. The molecule has 0 spiro atoms. The minimum Gasteiger partial charge on any atom is -0.480 e. The Morgan fingerprint density at radius 3 is 2.40 bits per heavy atom. The lowest BCUT2D eigenvalue weighted by Crippen LogP contribution is -2.38. The van der Waals surface area contributed by atoms with E-state index in [1.807, 2.05) is 0 Å². The first-order valence-electron chi connectivity index (χ1n) is 5.94. The number of benzene rings is 1. The molecule has 2 N–H and O–H groups in total. The molecule has 1 aromatic carbocycles. The van der Waals surface area contributed by atoms with Gasteiger partial charge in [0, 0.05) is 6.42 Å². The highest BCUT2D eigenvalue weighted by Gasteiger charge is 2.13. The molecule has 5 nitrogen and oxygen atoms in total. The molecule has 1 amide bonds. The van der Waals surface area contributed by atoms with Gasteiger partial charge in [0.15, 0.2) is 0 Å². The maximum absolute atomic E-state index is 11.9. The van der Waals surface area contributed by atoms with Crippen LogP contribution >= 0.6 is 0 Å². The van der Waals surface area contributed by atoms with Crippen LogP contribution in [0.4, 0.5) is 8.78 Å². The Bertz CT molecular complexity index is 462. The van der Waals surface area contributed by atoms with Gasteiger partial charge in [0.25, 0.3) is 0 Å². The number of carboxylic acid groups (broad SMARTS) is 1. The molecule has 0 aliphatic carbocycles. The van der Waals surface area contributed by atoms with Crippen LogP contribution in [-0.2, 0) is 16.0 Å². The first kappa shape index (κ1) is 15.9. The van der Waals surface area contributed by atoms with Crippen molar-refractivity contribution in [3.8, 4) is 5.75 Å². The van der Waals surface area contributed by atoms with E-state index < -0.39 is 18.6 Å². The predicted molar refractivity (Wildman–Crippen MR) is 66.6 cm³/mol. The number of nitrogens with one attached hydrogen (secondary N) is 1. The molecule has 20 heavy (non-hydrogen) atoms. The van der Waals surface area contributed by atoms with Crippen molar-refractivity contribution >= 4 is 11.9 Å². The lowest BCUT2D eigenvalue weighted by Gasteiger charge is -2.09. The second-order valence-corrected chi connectivity index (χ2v) is 4.15. The number of rotatable bonds is 7. The van der Waals surface area contributed by atoms with E-state index in [1.54, 1.807) is 12.1 Å². The molecule has 0 radical (unpaired) electrons. The molecule has 0 bridgehead atoms. The number of carbonyl (C=O) groups is 2. The van der Waals surface area contributed by atoms with Crippen LogP contribution in [0.2, 0.25) is 0 Å². The standard InChI is InChI=1S/C13H15F2NO4/c1-8(12(18)19)16-11(17)7-4-9-2-5-10(6-3-9)20-13(14)15/h2-3,5-6,8,13H,4,7H2,1H3,(H,16,17)(H,18,19)/t8-/m1/s1. The molecule has 1 atom stereocenters. The Hall–Kier alpha value is -2.18. The summed E-state index contributed by atoms with van der Waals surface area (Å²) < 4.78 is 28.1. The van der Waals surface area contributed by atoms with Crippen LogP contribution < -0.4 is 10.1 Å². The summed E-state index contributed by atoms with van der Waals surface area (Å²) in [5.41, 5.74) is 0.768. The largest absolute Gasteiger partial charge is 0.480 e. The zero-order valence-electron chi connectivity index (χ0n) is 10.8. The Kier molecular flexibility index (Phi) is 5.89. The van der Waals surface area contributed by atoms with Gasteiger partial charge in [-0.2, -0.15) is 8.78 Å². The quantitative estimate of drug-likeness (QED) is 0.802. The van der Waals surface area contributed by atoms with Crippen molar-refractivity contribution < 1.29 is 28.2 Å². The average Bonchev–Trinajstić information content (AvgIpc) is 2.37. The molecule has 0 aliphatic rings. The van der Waals surface area contributed by atoms with Crippen molar-refractivity contribution in [2.75, 3.05) is 0 Å². The van der Waals surface area contributed by atoms with Gasteiger partial charge in [0.1, 0.15) is 11.8 Å². The number of carbonyl (C=O) groups excluding carboxylic acids is 1. The van der Waals surface area contributed by atoms with Gasteiger partial charge in [-0.1, -0.05) is 12.1 Å². The topological polar surface area (TPSA) is 75.6 Å². The first-order chi connectivity index (χ1) is 9.38. The van der Waals surface area contributed by atoms with Crippen LogP contribution in [0, 0.1) is 0 Å². The van der Waals surface area contributed by atoms with Crippen molar-refractivity contribution in [3.05, 3.63) is 29.8 Å². The Morgan fingerprint density at radius 1 is 1.30 bits per heavy atom. The van der Waals surface area contributed by atoms with E-state index in [9.17, 15) is 18.4 Å². The van der Waals surface area contributed by atoms with Gasteiger partial charge in [0.2, 0.25) is 5.91 Å². The number of aliphatic carboxylic acids is 1. The molecule has 1 aromatic rings. The van der Waals surface area contributed by atoms with E-state index in [4.69, 9.17) is 5.11 Å². The van der Waals surface area contributed by atoms with Gasteiger partial charge in [-0.3, -0.25) is 9.59 Å². The number of alkyl halides is 2. The van der Waals surface area contributed by atoms with Gasteiger partial charge in [-0.25, -0.2) is 0 Å². The lowest BCUT2D eigenvalue weighted by molar-refractivity contribution is -0.141. The molecular weight excluding hydrogens is 272 g/mol. The van der Waals surface area contributed by atoms with Gasteiger partial charge in [0.05, 0.1) is 0 Å². The third kappa shape index (κ3) is 5.64. The molecule has 0 heterocycles. The predicted octanol–water partition coefficient (Wildman–Crippen LogP) is 1.81. The normalized spacial score (nSPS) is 12.0. The van der Waals surface area contributed by atoms with Crippen LogP contribution in [0.25, 0.3) is 0 Å². The first-order valence-corrected chi connectivity index (χ1v) is 5.94. The number of ether oxygens (including phenoxy) is 1. The van der Waals surface area contributed by atoms with Crippen molar-refractivity contribution in [1.82, 2.24) is 5.32 Å². The molecule has 1 rings (SSSR count). The van der Waals surface area contributed by atoms with E-state index >= 15 is 0 Å². The Labute approximate surface area is 114 Å². The van der Waals surface area contributed by atoms with Crippen LogP contribution in [0.15, 0.2) is 24.3 Å². The second kappa shape index (κ2) is 7.42. The summed E-state index contributed by atoms with van der Waals surface area (Å²) >= 11 is 0. The fourth-order valence-electron chi connectivity index (χ4n) is 1.47. The average molecular weight is 287 g/mol. The van der Waals surface area contributed by atoms with Crippen molar-refractivity contribution in [2.24, 2.45) is 0 Å². The maximum atomic E-state index is 11.9.